The molecule has 2 fully saturated rings. The maximum Gasteiger partial charge on any atom is 0.145 e. The van der Waals surface area contributed by atoms with Crippen molar-refractivity contribution in [3.05, 3.63) is 0 Å². The second-order valence-electron chi connectivity index (χ2n) is 5.22. The van der Waals surface area contributed by atoms with Crippen LogP contribution < -0.4 is 0 Å². The van der Waals surface area contributed by atoms with Crippen LogP contribution in [0.15, 0.2) is 0 Å². The first kappa shape index (κ1) is 8.61. The number of carbonyl (C=O) groups excluding carboxylic acids is 1. The first-order valence-electron chi connectivity index (χ1n) is 4.59. The van der Waals surface area contributed by atoms with Crippen LogP contribution in [-0.4, -0.2) is 10.5 Å². The number of fused-ring (bicyclic) bond motifs is 2. The largest absolute Gasteiger partial charge is 0.298 e. The van der Waals surface area contributed by atoms with Gasteiger partial charge in [-0.25, -0.2) is 0 Å². The van der Waals surface area contributed by atoms with Gasteiger partial charge < -0.3 is 0 Å². The summed E-state index contributed by atoms with van der Waals surface area (Å²) in [6, 6.07) is 0. The molecule has 0 radical (unpaired) electrons. The summed E-state index contributed by atoms with van der Waals surface area (Å²) in [5.41, 5.74) is -0.256. The van der Waals surface area contributed by atoms with E-state index in [0.717, 1.165) is 19.3 Å². The Kier molecular flexibility index (Phi) is 1.38. The van der Waals surface area contributed by atoms with Gasteiger partial charge in [-0.3, -0.25) is 4.79 Å². The molecule has 2 aliphatic carbocycles. The van der Waals surface area contributed by atoms with Crippen LogP contribution in [0, 0.1) is 10.8 Å². The first-order chi connectivity index (χ1) is 5.32. The summed E-state index contributed by atoms with van der Waals surface area (Å²) in [6.45, 7) is 6.20. The molecule has 2 saturated carbocycles. The first-order valence-corrected chi connectivity index (χ1v) is 5.04. The molecule has 0 aromatic heterocycles. The Bertz CT molecular complexity index is 259. The average Bonchev–Trinajstić information content (AvgIpc) is 2.32. The van der Waals surface area contributed by atoms with Crippen LogP contribution in [0.5, 0.6) is 0 Å². The Labute approximate surface area is 79.3 Å². The maximum atomic E-state index is 12.0. The molecule has 12 heavy (non-hydrogen) atoms. The van der Waals surface area contributed by atoms with Gasteiger partial charge in [-0.1, -0.05) is 20.8 Å². The Hall–Kier alpha value is 0.0200. The molecule has 2 heteroatoms. The molecule has 0 aromatic carbocycles. The fourth-order valence-corrected chi connectivity index (χ4v) is 3.56. The SMILES string of the molecule is CC12CCC(S)(C1)C(C)(C)C2=O. The highest BCUT2D eigenvalue weighted by Gasteiger charge is 2.66. The van der Waals surface area contributed by atoms with Crippen molar-refractivity contribution in [1.82, 2.24) is 0 Å². The van der Waals surface area contributed by atoms with E-state index in [1.807, 2.05) is 13.8 Å². The summed E-state index contributed by atoms with van der Waals surface area (Å²) in [5, 5.41) is 0. The molecular formula is C10H16OS. The van der Waals surface area contributed by atoms with Crippen LogP contribution in [0.2, 0.25) is 0 Å². The molecule has 1 nitrogen and oxygen atoms in total. The van der Waals surface area contributed by atoms with Crippen molar-refractivity contribution >= 4 is 18.4 Å². The molecule has 2 rings (SSSR count). The Morgan fingerprint density at radius 2 is 1.83 bits per heavy atom. The molecule has 0 amide bonds. The van der Waals surface area contributed by atoms with E-state index in [9.17, 15) is 4.79 Å². The topological polar surface area (TPSA) is 17.1 Å². The third-order valence-electron chi connectivity index (χ3n) is 4.05. The summed E-state index contributed by atoms with van der Waals surface area (Å²) in [7, 11) is 0. The smallest absolute Gasteiger partial charge is 0.145 e. The molecule has 0 spiro atoms. The third-order valence-corrected chi connectivity index (χ3v) is 4.99. The van der Waals surface area contributed by atoms with E-state index in [0.29, 0.717) is 5.78 Å². The highest BCUT2D eigenvalue weighted by Crippen LogP contribution is 2.65. The number of thiol groups is 1. The molecule has 0 aromatic rings. The van der Waals surface area contributed by atoms with Crippen molar-refractivity contribution in [3.63, 3.8) is 0 Å². The molecule has 2 unspecified atom stereocenters. The Morgan fingerprint density at radius 3 is 2.08 bits per heavy atom. The van der Waals surface area contributed by atoms with Crippen molar-refractivity contribution in [1.29, 1.82) is 0 Å². The van der Waals surface area contributed by atoms with E-state index < -0.39 is 0 Å². The van der Waals surface area contributed by atoms with E-state index in [1.54, 1.807) is 0 Å². The van der Waals surface area contributed by atoms with E-state index >= 15 is 0 Å². The van der Waals surface area contributed by atoms with Crippen molar-refractivity contribution in [2.24, 2.45) is 10.8 Å². The van der Waals surface area contributed by atoms with Crippen LogP contribution in [0.3, 0.4) is 0 Å². The lowest BCUT2D eigenvalue weighted by molar-refractivity contribution is -0.134. The molecule has 2 atom stereocenters. The van der Waals surface area contributed by atoms with Gasteiger partial charge in [0, 0.05) is 15.6 Å². The van der Waals surface area contributed by atoms with Crippen LogP contribution in [0.1, 0.15) is 40.0 Å². The quantitative estimate of drug-likeness (QED) is 0.572. The normalized spacial score (nSPS) is 50.2. The molecule has 0 heterocycles. The number of ketones is 1. The number of hydrogen-bond donors (Lipinski definition) is 1. The summed E-state index contributed by atoms with van der Waals surface area (Å²) in [5.74, 6) is 0.427. The monoisotopic (exact) mass is 184 g/mol. The zero-order valence-corrected chi connectivity index (χ0v) is 8.87. The van der Waals surface area contributed by atoms with Gasteiger partial charge in [0.1, 0.15) is 5.78 Å². The lowest BCUT2D eigenvalue weighted by atomic mass is 9.71. The highest BCUT2D eigenvalue weighted by atomic mass is 32.1. The predicted octanol–water partition coefficient (Wildman–Crippen LogP) is 2.45. The second-order valence-corrected chi connectivity index (χ2v) is 6.08. The van der Waals surface area contributed by atoms with Crippen molar-refractivity contribution in [2.45, 2.75) is 44.8 Å². The van der Waals surface area contributed by atoms with Gasteiger partial charge in [0.2, 0.25) is 0 Å². The molecule has 2 aliphatic rings. The fraction of sp³-hybridized carbons (Fsp3) is 0.900. The number of carbonyl (C=O) groups is 1. The molecule has 0 aliphatic heterocycles. The van der Waals surface area contributed by atoms with E-state index in [4.69, 9.17) is 12.6 Å². The minimum Gasteiger partial charge on any atom is -0.298 e. The molecule has 0 saturated heterocycles. The van der Waals surface area contributed by atoms with Crippen molar-refractivity contribution in [2.75, 3.05) is 0 Å². The van der Waals surface area contributed by atoms with Crippen molar-refractivity contribution < 1.29 is 4.79 Å². The van der Waals surface area contributed by atoms with Gasteiger partial charge >= 0.3 is 0 Å². The zero-order valence-electron chi connectivity index (χ0n) is 7.98. The van der Waals surface area contributed by atoms with Gasteiger partial charge in [-0.05, 0) is 19.3 Å². The van der Waals surface area contributed by atoms with Crippen LogP contribution >= 0.6 is 12.6 Å². The van der Waals surface area contributed by atoms with Gasteiger partial charge in [0.05, 0.1) is 0 Å². The molecule has 68 valence electrons. The molecule has 2 bridgehead atoms. The third kappa shape index (κ3) is 0.704. The van der Waals surface area contributed by atoms with Crippen LogP contribution in [0.25, 0.3) is 0 Å². The number of rotatable bonds is 0. The van der Waals surface area contributed by atoms with Crippen LogP contribution in [-0.2, 0) is 4.79 Å². The van der Waals surface area contributed by atoms with E-state index in [1.165, 1.54) is 0 Å². The molecule has 0 N–H and O–H groups in total. The summed E-state index contributed by atoms with van der Waals surface area (Å²) < 4.78 is -0.0150. The average molecular weight is 184 g/mol. The highest BCUT2D eigenvalue weighted by molar-refractivity contribution is 7.82. The van der Waals surface area contributed by atoms with Gasteiger partial charge in [-0.2, -0.15) is 12.6 Å². The molecular weight excluding hydrogens is 168 g/mol. The van der Waals surface area contributed by atoms with Gasteiger partial charge in [0.15, 0.2) is 0 Å². The number of Topliss-reactive ketones (excluding diaryl/α,β-unsaturated/α-hetero) is 1. The lowest BCUT2D eigenvalue weighted by Crippen LogP contribution is -2.42. The van der Waals surface area contributed by atoms with Crippen LogP contribution in [0.4, 0.5) is 0 Å². The summed E-state index contributed by atoms with van der Waals surface area (Å²) in [6.07, 6.45) is 3.12. The summed E-state index contributed by atoms with van der Waals surface area (Å²) in [4.78, 5) is 12.0. The minimum atomic E-state index is -0.205. The predicted molar refractivity (Wildman–Crippen MR) is 52.5 cm³/mol. The standard InChI is InChI=1S/C10H16OS/c1-8(2)7(11)9(3)4-5-10(8,12)6-9/h12H,4-6H2,1-3H3. The fourth-order valence-electron chi connectivity index (χ4n) is 3.00. The van der Waals surface area contributed by atoms with Gasteiger partial charge in [0.25, 0.3) is 0 Å². The second kappa shape index (κ2) is 1.92. The Morgan fingerprint density at radius 1 is 1.25 bits per heavy atom. The lowest BCUT2D eigenvalue weighted by Gasteiger charge is -2.37. The zero-order chi connectivity index (χ0) is 9.20. The summed E-state index contributed by atoms with van der Waals surface area (Å²) >= 11 is 4.70. The maximum absolute atomic E-state index is 12.0. The van der Waals surface area contributed by atoms with Gasteiger partial charge in [-0.15, -0.1) is 0 Å². The van der Waals surface area contributed by atoms with Crippen molar-refractivity contribution in [3.8, 4) is 0 Å². The minimum absolute atomic E-state index is 0.0150. The Balaban J connectivity index is 2.51. The van der Waals surface area contributed by atoms with E-state index in [2.05, 4.69) is 6.92 Å². The van der Waals surface area contributed by atoms with E-state index in [-0.39, 0.29) is 15.6 Å². The number of hydrogen-bond acceptors (Lipinski definition) is 2.